The smallest absolute Gasteiger partial charge is 0.261 e. The van der Waals surface area contributed by atoms with Gasteiger partial charge >= 0.3 is 0 Å². The van der Waals surface area contributed by atoms with E-state index in [9.17, 15) is 14.3 Å². The van der Waals surface area contributed by atoms with Gasteiger partial charge in [0.1, 0.15) is 5.82 Å². The Hall–Kier alpha value is -2.86. The summed E-state index contributed by atoms with van der Waals surface area (Å²) in [5, 5.41) is 10.3. The van der Waals surface area contributed by atoms with Crippen LogP contribution in [-0.4, -0.2) is 20.4 Å². The van der Waals surface area contributed by atoms with Crippen LogP contribution in [0.25, 0.3) is 22.5 Å². The summed E-state index contributed by atoms with van der Waals surface area (Å²) < 4.78 is 15.6. The molecule has 1 N–H and O–H groups in total. The van der Waals surface area contributed by atoms with Crippen LogP contribution in [0.4, 0.5) is 4.39 Å². The highest BCUT2D eigenvalue weighted by atomic mass is 32.2. The molecule has 0 fully saturated rings. The van der Waals surface area contributed by atoms with E-state index in [1.54, 1.807) is 29.3 Å². The van der Waals surface area contributed by atoms with Gasteiger partial charge in [0.25, 0.3) is 5.56 Å². The van der Waals surface area contributed by atoms with E-state index in [2.05, 4.69) is 11.1 Å². The normalized spacial score (nSPS) is 13.5. The molecule has 29 heavy (non-hydrogen) atoms. The fourth-order valence-electron chi connectivity index (χ4n) is 3.57. The Morgan fingerprint density at radius 3 is 2.69 bits per heavy atom. The Kier molecular flexibility index (Phi) is 5.53. The van der Waals surface area contributed by atoms with Crippen molar-refractivity contribution in [3.05, 3.63) is 81.4 Å². The van der Waals surface area contributed by atoms with Crippen molar-refractivity contribution >= 4 is 11.8 Å². The Morgan fingerprint density at radius 2 is 1.97 bits per heavy atom. The lowest BCUT2D eigenvalue weighted by molar-refractivity contribution is 0.433. The third-order valence-corrected chi connectivity index (χ3v) is 6.18. The molecule has 148 valence electrons. The number of allylic oxidation sites excluding steroid dienone is 2. The first-order chi connectivity index (χ1) is 14.1. The van der Waals surface area contributed by atoms with E-state index in [0.717, 1.165) is 17.7 Å². The van der Waals surface area contributed by atoms with Crippen molar-refractivity contribution in [2.24, 2.45) is 0 Å². The molecule has 2 aromatic carbocycles. The van der Waals surface area contributed by atoms with Crippen LogP contribution >= 0.6 is 11.8 Å². The molecular weight excluding hydrogens is 387 g/mol. The van der Waals surface area contributed by atoms with Gasteiger partial charge < -0.3 is 5.11 Å². The molecule has 0 atom stereocenters. The summed E-state index contributed by atoms with van der Waals surface area (Å²) >= 11 is 1.79. The van der Waals surface area contributed by atoms with Crippen LogP contribution in [0.3, 0.4) is 0 Å². The van der Waals surface area contributed by atoms with Gasteiger partial charge in [-0.1, -0.05) is 42.5 Å². The summed E-state index contributed by atoms with van der Waals surface area (Å²) in [5.41, 5.74) is 1.90. The number of aryl methyl sites for hydroxylation is 1. The van der Waals surface area contributed by atoms with E-state index in [1.807, 2.05) is 30.3 Å². The van der Waals surface area contributed by atoms with E-state index in [1.165, 1.54) is 17.0 Å². The number of aromatic hydroxyl groups is 1. The second-order valence-corrected chi connectivity index (χ2v) is 8.13. The first-order valence-corrected chi connectivity index (χ1v) is 10.5. The Bertz CT molecular complexity index is 1140. The van der Waals surface area contributed by atoms with Gasteiger partial charge in [0, 0.05) is 12.3 Å². The maximum Gasteiger partial charge on any atom is 0.261 e. The number of nitrogens with zero attached hydrogens (tertiary/aromatic N) is 2. The average molecular weight is 408 g/mol. The number of hydrogen-bond donors (Lipinski definition) is 1. The molecule has 0 radical (unpaired) electrons. The third-order valence-electron chi connectivity index (χ3n) is 5.00. The van der Waals surface area contributed by atoms with Crippen molar-refractivity contribution in [1.82, 2.24) is 9.55 Å². The van der Waals surface area contributed by atoms with E-state index < -0.39 is 11.6 Å². The molecule has 0 saturated carbocycles. The van der Waals surface area contributed by atoms with Crippen LogP contribution < -0.4 is 5.56 Å². The summed E-state index contributed by atoms with van der Waals surface area (Å²) in [4.78, 5) is 19.4. The van der Waals surface area contributed by atoms with E-state index in [-0.39, 0.29) is 16.9 Å². The van der Waals surface area contributed by atoms with E-state index in [4.69, 9.17) is 0 Å². The lowest BCUT2D eigenvalue weighted by atomic mass is 10.0. The standard InChI is InChI=1S/C23H21FN2O2S/c1-15-20(16-7-3-2-4-8-16)23(28)26(13-12-17-9-6-14-29-17)22(25-15)18-10-5-11-19(24)21(18)27/h2-5,7-11,27H,6,12-14H2,1H3. The molecule has 1 aliphatic rings. The minimum absolute atomic E-state index is 0.189. The fraction of sp³-hybridized carbons (Fsp3) is 0.217. The number of phenols is 1. The second kappa shape index (κ2) is 8.25. The van der Waals surface area contributed by atoms with Crippen molar-refractivity contribution < 1.29 is 9.50 Å². The molecule has 0 amide bonds. The van der Waals surface area contributed by atoms with Gasteiger partial charge in [0.05, 0.1) is 16.8 Å². The molecule has 6 heteroatoms. The predicted molar refractivity (Wildman–Crippen MR) is 116 cm³/mol. The molecule has 1 aliphatic heterocycles. The quantitative estimate of drug-likeness (QED) is 0.635. The number of benzene rings is 2. The Morgan fingerprint density at radius 1 is 1.17 bits per heavy atom. The number of rotatable bonds is 5. The van der Waals surface area contributed by atoms with Crippen LogP contribution in [0.15, 0.2) is 64.3 Å². The average Bonchev–Trinajstić information content (AvgIpc) is 3.23. The van der Waals surface area contributed by atoms with Crippen molar-refractivity contribution in [1.29, 1.82) is 0 Å². The number of hydrogen-bond acceptors (Lipinski definition) is 4. The Labute approximate surface area is 172 Å². The minimum atomic E-state index is -0.734. The van der Waals surface area contributed by atoms with Crippen molar-refractivity contribution in [3.63, 3.8) is 0 Å². The zero-order valence-electron chi connectivity index (χ0n) is 16.1. The SMILES string of the molecule is Cc1nc(-c2cccc(F)c2O)n(CCC2=CCCS2)c(=O)c1-c1ccccc1. The first kappa shape index (κ1) is 19.5. The van der Waals surface area contributed by atoms with Crippen LogP contribution in [0.1, 0.15) is 18.5 Å². The fourth-order valence-corrected chi connectivity index (χ4v) is 4.54. The largest absolute Gasteiger partial charge is 0.504 e. The number of thioether (sulfide) groups is 1. The summed E-state index contributed by atoms with van der Waals surface area (Å²) in [5.74, 6) is 0.118. The summed E-state index contributed by atoms with van der Waals surface area (Å²) in [7, 11) is 0. The highest BCUT2D eigenvalue weighted by Gasteiger charge is 2.20. The summed E-state index contributed by atoms with van der Waals surface area (Å²) in [6, 6.07) is 13.7. The van der Waals surface area contributed by atoms with Gasteiger partial charge in [-0.25, -0.2) is 9.37 Å². The van der Waals surface area contributed by atoms with Gasteiger partial charge in [-0.05, 0) is 42.4 Å². The number of halogens is 1. The molecule has 4 rings (SSSR count). The monoisotopic (exact) mass is 408 g/mol. The van der Waals surface area contributed by atoms with Crippen LogP contribution in [0.2, 0.25) is 0 Å². The molecule has 1 aromatic heterocycles. The lowest BCUT2D eigenvalue weighted by Crippen LogP contribution is -2.26. The van der Waals surface area contributed by atoms with Crippen molar-refractivity contribution in [3.8, 4) is 28.3 Å². The first-order valence-electron chi connectivity index (χ1n) is 9.53. The van der Waals surface area contributed by atoms with Crippen LogP contribution in [0.5, 0.6) is 5.75 Å². The molecular formula is C23H21FN2O2S. The molecule has 0 bridgehead atoms. The molecule has 0 spiro atoms. The third kappa shape index (κ3) is 3.85. The number of para-hydroxylation sites is 1. The van der Waals surface area contributed by atoms with Crippen LogP contribution in [-0.2, 0) is 6.54 Å². The molecule has 3 aromatic rings. The predicted octanol–water partition coefficient (Wildman–Crippen LogP) is 5.14. The molecule has 0 aliphatic carbocycles. The highest BCUT2D eigenvalue weighted by molar-refractivity contribution is 8.03. The summed E-state index contributed by atoms with van der Waals surface area (Å²) in [6.07, 6.45) is 3.93. The molecule has 0 unspecified atom stereocenters. The minimum Gasteiger partial charge on any atom is -0.504 e. The maximum atomic E-state index is 14.0. The zero-order valence-corrected chi connectivity index (χ0v) is 16.9. The molecule has 2 heterocycles. The number of phenolic OH excluding ortho intramolecular Hbond substituents is 1. The van der Waals surface area contributed by atoms with Crippen molar-refractivity contribution in [2.75, 3.05) is 5.75 Å². The summed E-state index contributed by atoms with van der Waals surface area (Å²) in [6.45, 7) is 2.18. The van der Waals surface area contributed by atoms with Crippen molar-refractivity contribution in [2.45, 2.75) is 26.3 Å². The van der Waals surface area contributed by atoms with Gasteiger partial charge in [-0.15, -0.1) is 11.8 Å². The van der Waals surface area contributed by atoms with Gasteiger partial charge in [-0.2, -0.15) is 0 Å². The second-order valence-electron chi connectivity index (χ2n) is 6.91. The molecule has 4 nitrogen and oxygen atoms in total. The van der Waals surface area contributed by atoms with E-state index in [0.29, 0.717) is 24.2 Å². The van der Waals surface area contributed by atoms with E-state index >= 15 is 0 Å². The maximum absolute atomic E-state index is 14.0. The topological polar surface area (TPSA) is 55.1 Å². The van der Waals surface area contributed by atoms with Gasteiger partial charge in [0.2, 0.25) is 0 Å². The number of aromatic nitrogens is 2. The lowest BCUT2D eigenvalue weighted by Gasteiger charge is -2.17. The van der Waals surface area contributed by atoms with Gasteiger partial charge in [0.15, 0.2) is 11.6 Å². The highest BCUT2D eigenvalue weighted by Crippen LogP contribution is 2.32. The zero-order chi connectivity index (χ0) is 20.4. The molecule has 0 saturated heterocycles. The Balaban J connectivity index is 1.90. The van der Waals surface area contributed by atoms with Crippen LogP contribution in [0, 0.1) is 12.7 Å². The van der Waals surface area contributed by atoms with Gasteiger partial charge in [-0.3, -0.25) is 9.36 Å².